The maximum Gasteiger partial charge on any atom is 0.265 e. The summed E-state index contributed by atoms with van der Waals surface area (Å²) in [5.74, 6) is -0.258. The molecule has 7 heteroatoms. The minimum atomic E-state index is -3.97. The number of amides is 1. The number of sulfonamides is 1. The fourth-order valence-corrected chi connectivity index (χ4v) is 4.23. The quantitative estimate of drug-likeness (QED) is 0.580. The molecule has 3 rings (SSSR count). The maximum absolute atomic E-state index is 13.0. The van der Waals surface area contributed by atoms with E-state index in [1.54, 1.807) is 18.2 Å². The summed E-state index contributed by atoms with van der Waals surface area (Å²) in [6.07, 6.45) is 0.860. The minimum absolute atomic E-state index is 0.110. The lowest BCUT2D eigenvalue weighted by Gasteiger charge is -2.14. The van der Waals surface area contributed by atoms with E-state index in [1.807, 2.05) is 44.2 Å². The summed E-state index contributed by atoms with van der Waals surface area (Å²) in [4.78, 5) is 12.6. The van der Waals surface area contributed by atoms with Gasteiger partial charge in [0.1, 0.15) is 10.6 Å². The van der Waals surface area contributed by atoms with Crippen molar-refractivity contribution in [3.05, 3.63) is 83.4 Å². The average molecular weight is 425 g/mol. The van der Waals surface area contributed by atoms with Gasteiger partial charge in [0, 0.05) is 16.9 Å². The molecule has 0 aliphatic rings. The van der Waals surface area contributed by atoms with Crippen molar-refractivity contribution in [2.75, 3.05) is 17.1 Å². The molecule has 2 N–H and O–H groups in total. The van der Waals surface area contributed by atoms with Gasteiger partial charge in [0.25, 0.3) is 15.9 Å². The highest BCUT2D eigenvalue weighted by Gasteiger charge is 2.22. The SMILES string of the molecule is CCc1ccc(NS(=O)(=O)c2cc(C(=O)Nc3cccc(C)c3)ccc2OC)cc1. The van der Waals surface area contributed by atoms with Crippen LogP contribution in [0.2, 0.25) is 0 Å². The number of ether oxygens (including phenoxy) is 1. The first-order valence-electron chi connectivity index (χ1n) is 9.50. The van der Waals surface area contributed by atoms with Crippen LogP contribution in [-0.4, -0.2) is 21.4 Å². The van der Waals surface area contributed by atoms with Crippen molar-refractivity contribution in [3.63, 3.8) is 0 Å². The van der Waals surface area contributed by atoms with Gasteiger partial charge in [-0.1, -0.05) is 31.2 Å². The number of carbonyl (C=O) groups is 1. The van der Waals surface area contributed by atoms with E-state index >= 15 is 0 Å². The topological polar surface area (TPSA) is 84.5 Å². The second-order valence-corrected chi connectivity index (χ2v) is 8.50. The molecule has 0 saturated carbocycles. The van der Waals surface area contributed by atoms with Crippen LogP contribution in [0.3, 0.4) is 0 Å². The van der Waals surface area contributed by atoms with Gasteiger partial charge >= 0.3 is 0 Å². The highest BCUT2D eigenvalue weighted by atomic mass is 32.2. The van der Waals surface area contributed by atoms with Gasteiger partial charge in [-0.2, -0.15) is 0 Å². The lowest BCUT2D eigenvalue weighted by molar-refractivity contribution is 0.102. The molecule has 0 aliphatic carbocycles. The zero-order chi connectivity index (χ0) is 21.7. The van der Waals surface area contributed by atoms with E-state index in [4.69, 9.17) is 4.74 Å². The van der Waals surface area contributed by atoms with E-state index in [1.165, 1.54) is 25.3 Å². The molecule has 0 unspecified atom stereocenters. The van der Waals surface area contributed by atoms with Crippen LogP contribution in [0.5, 0.6) is 5.75 Å². The van der Waals surface area contributed by atoms with Gasteiger partial charge in [-0.25, -0.2) is 8.42 Å². The summed E-state index contributed by atoms with van der Waals surface area (Å²) in [5, 5.41) is 2.78. The number of nitrogens with one attached hydrogen (secondary N) is 2. The summed E-state index contributed by atoms with van der Waals surface area (Å²) in [6, 6.07) is 18.8. The van der Waals surface area contributed by atoms with Gasteiger partial charge in [0.15, 0.2) is 0 Å². The third-order valence-electron chi connectivity index (χ3n) is 4.61. The molecule has 0 spiro atoms. The lowest BCUT2D eigenvalue weighted by atomic mass is 10.2. The molecule has 156 valence electrons. The molecule has 0 radical (unpaired) electrons. The molecule has 0 saturated heterocycles. The molecular formula is C23H24N2O4S. The standard InChI is InChI=1S/C23H24N2O4S/c1-4-17-8-11-19(12-9-17)25-30(27,28)22-15-18(10-13-21(22)29-3)23(26)24-20-7-5-6-16(2)14-20/h5-15,25H,4H2,1-3H3,(H,24,26). The zero-order valence-corrected chi connectivity index (χ0v) is 17.9. The Labute approximate surface area is 177 Å². The van der Waals surface area contributed by atoms with Crippen molar-refractivity contribution in [1.82, 2.24) is 0 Å². The van der Waals surface area contributed by atoms with E-state index < -0.39 is 15.9 Å². The predicted molar refractivity (Wildman–Crippen MR) is 119 cm³/mol. The Hall–Kier alpha value is -3.32. The second-order valence-electron chi connectivity index (χ2n) is 6.85. The van der Waals surface area contributed by atoms with Crippen molar-refractivity contribution in [1.29, 1.82) is 0 Å². The van der Waals surface area contributed by atoms with Crippen LogP contribution in [0.4, 0.5) is 11.4 Å². The molecule has 0 bridgehead atoms. The van der Waals surface area contributed by atoms with Crippen LogP contribution in [0.1, 0.15) is 28.4 Å². The number of aryl methyl sites for hydroxylation is 2. The molecule has 0 atom stereocenters. The summed E-state index contributed by atoms with van der Waals surface area (Å²) >= 11 is 0. The van der Waals surface area contributed by atoms with Gasteiger partial charge in [-0.3, -0.25) is 9.52 Å². The van der Waals surface area contributed by atoms with E-state index in [-0.39, 0.29) is 16.2 Å². The summed E-state index contributed by atoms with van der Waals surface area (Å²) in [7, 11) is -2.58. The summed E-state index contributed by atoms with van der Waals surface area (Å²) in [6.45, 7) is 3.95. The van der Waals surface area contributed by atoms with Crippen molar-refractivity contribution < 1.29 is 17.9 Å². The summed E-state index contributed by atoms with van der Waals surface area (Å²) < 4.78 is 33.7. The molecule has 30 heavy (non-hydrogen) atoms. The first kappa shape index (κ1) is 21.4. The fourth-order valence-electron chi connectivity index (χ4n) is 2.97. The number of anilines is 2. The maximum atomic E-state index is 13.0. The monoisotopic (exact) mass is 424 g/mol. The number of hydrogen-bond acceptors (Lipinski definition) is 4. The van der Waals surface area contributed by atoms with Gasteiger partial charge in [-0.15, -0.1) is 0 Å². The average Bonchev–Trinajstić information content (AvgIpc) is 2.73. The Balaban J connectivity index is 1.90. The Kier molecular flexibility index (Phi) is 6.42. The van der Waals surface area contributed by atoms with Crippen molar-refractivity contribution in [2.45, 2.75) is 25.2 Å². The van der Waals surface area contributed by atoms with Crippen LogP contribution >= 0.6 is 0 Å². The smallest absolute Gasteiger partial charge is 0.265 e. The van der Waals surface area contributed by atoms with Crippen molar-refractivity contribution in [3.8, 4) is 5.75 Å². The van der Waals surface area contributed by atoms with Gasteiger partial charge in [0.05, 0.1) is 7.11 Å². The normalized spacial score (nSPS) is 11.0. The third kappa shape index (κ3) is 4.99. The first-order valence-corrected chi connectivity index (χ1v) is 11.0. The summed E-state index contributed by atoms with van der Waals surface area (Å²) in [5.41, 5.74) is 3.38. The van der Waals surface area contributed by atoms with Crippen LogP contribution in [0.15, 0.2) is 71.6 Å². The Morgan fingerprint density at radius 1 is 0.967 bits per heavy atom. The number of carbonyl (C=O) groups excluding carboxylic acids is 1. The Morgan fingerprint density at radius 3 is 2.33 bits per heavy atom. The predicted octanol–water partition coefficient (Wildman–Crippen LogP) is 4.62. The Morgan fingerprint density at radius 2 is 1.70 bits per heavy atom. The van der Waals surface area contributed by atoms with E-state index in [0.717, 1.165) is 17.5 Å². The van der Waals surface area contributed by atoms with Crippen molar-refractivity contribution >= 4 is 27.3 Å². The first-order chi connectivity index (χ1) is 14.3. The molecule has 6 nitrogen and oxygen atoms in total. The van der Waals surface area contributed by atoms with Crippen molar-refractivity contribution in [2.24, 2.45) is 0 Å². The highest BCUT2D eigenvalue weighted by Crippen LogP contribution is 2.27. The molecule has 3 aromatic carbocycles. The third-order valence-corrected chi connectivity index (χ3v) is 6.01. The van der Waals surface area contributed by atoms with E-state index in [0.29, 0.717) is 11.4 Å². The number of benzene rings is 3. The largest absolute Gasteiger partial charge is 0.495 e. The number of hydrogen-bond donors (Lipinski definition) is 2. The van der Waals surface area contributed by atoms with Crippen LogP contribution in [-0.2, 0) is 16.4 Å². The molecule has 0 aliphatic heterocycles. The minimum Gasteiger partial charge on any atom is -0.495 e. The molecular weight excluding hydrogens is 400 g/mol. The van der Waals surface area contributed by atoms with Crippen LogP contribution in [0.25, 0.3) is 0 Å². The van der Waals surface area contributed by atoms with Crippen LogP contribution < -0.4 is 14.8 Å². The Bertz CT molecular complexity index is 1160. The molecule has 0 fully saturated rings. The molecule has 0 heterocycles. The highest BCUT2D eigenvalue weighted by molar-refractivity contribution is 7.92. The zero-order valence-electron chi connectivity index (χ0n) is 17.1. The fraction of sp³-hybridized carbons (Fsp3) is 0.174. The van der Waals surface area contributed by atoms with Gasteiger partial charge < -0.3 is 10.1 Å². The number of methoxy groups -OCH3 is 1. The van der Waals surface area contributed by atoms with Gasteiger partial charge in [0.2, 0.25) is 0 Å². The van der Waals surface area contributed by atoms with E-state index in [2.05, 4.69) is 10.0 Å². The molecule has 0 aromatic heterocycles. The van der Waals surface area contributed by atoms with Gasteiger partial charge in [-0.05, 0) is 66.9 Å². The lowest BCUT2D eigenvalue weighted by Crippen LogP contribution is -2.17. The number of rotatable bonds is 7. The second kappa shape index (κ2) is 9.00. The molecule has 1 amide bonds. The van der Waals surface area contributed by atoms with Crippen LogP contribution in [0, 0.1) is 6.92 Å². The van der Waals surface area contributed by atoms with E-state index in [9.17, 15) is 13.2 Å². The molecule has 3 aromatic rings.